The van der Waals surface area contributed by atoms with Crippen LogP contribution in [0.2, 0.25) is 0 Å². The van der Waals surface area contributed by atoms with Gasteiger partial charge in [0.25, 0.3) is 0 Å². The fourth-order valence-electron chi connectivity index (χ4n) is 0.856. The van der Waals surface area contributed by atoms with Gasteiger partial charge in [0.1, 0.15) is 15.8 Å². The van der Waals surface area contributed by atoms with Gasteiger partial charge in [-0.15, -0.1) is 0 Å². The molecule has 1 aliphatic carbocycles. The third-order valence-electron chi connectivity index (χ3n) is 1.47. The Morgan fingerprint density at radius 1 is 1.00 bits per heavy atom. The van der Waals surface area contributed by atoms with E-state index in [0.717, 1.165) is 0 Å². The maximum absolute atomic E-state index is 11.3. The molecule has 0 fully saturated rings. The number of rotatable bonds is 0. The Morgan fingerprint density at radius 3 is 1.73 bits per heavy atom. The highest BCUT2D eigenvalue weighted by Crippen LogP contribution is 2.33. The predicted molar refractivity (Wildman–Crippen MR) is 60.6 cm³/mol. The first kappa shape index (κ1) is 12.7. The lowest BCUT2D eigenvalue weighted by molar-refractivity contribution is -0.115. The molecule has 0 saturated carbocycles. The molecule has 80 valence electrons. The van der Waals surface area contributed by atoms with Crippen LogP contribution in [0.25, 0.3) is 0 Å². The number of hydrogen-bond donors (Lipinski definition) is 0. The second-order valence-electron chi connectivity index (χ2n) is 2.56. The van der Waals surface area contributed by atoms with E-state index < -0.39 is 11.7 Å². The number of carbonyl (C=O) groups is 2. The van der Waals surface area contributed by atoms with E-state index in [1.54, 1.807) is 0 Å². The third kappa shape index (κ3) is 2.42. The number of Topliss-reactive ketones (excluding diaryl/α,β-unsaturated/α-hetero) is 1. The summed E-state index contributed by atoms with van der Waals surface area (Å²) in [6, 6.07) is 0. The number of halogens is 4. The molecule has 1 amide bonds. The summed E-state index contributed by atoms with van der Waals surface area (Å²) in [6.45, 7) is 1.21. The van der Waals surface area contributed by atoms with Gasteiger partial charge in [0, 0.05) is 6.92 Å². The summed E-state index contributed by atoms with van der Waals surface area (Å²) < 4.78 is 0. The van der Waals surface area contributed by atoms with Crippen molar-refractivity contribution >= 4 is 63.8 Å². The Morgan fingerprint density at radius 2 is 1.40 bits per heavy atom. The summed E-state index contributed by atoms with van der Waals surface area (Å²) in [5, 5.41) is -0.949. The molecular weight excluding hydrogens is 284 g/mol. The van der Waals surface area contributed by atoms with Gasteiger partial charge >= 0.3 is 0 Å². The molecule has 0 bridgehead atoms. The van der Waals surface area contributed by atoms with Crippen molar-refractivity contribution in [1.29, 1.82) is 0 Å². The molecule has 0 aromatic heterocycles. The first-order valence-corrected chi connectivity index (χ1v) is 5.12. The molecule has 1 aliphatic rings. The summed E-state index contributed by atoms with van der Waals surface area (Å²) >= 11 is 22.6. The molecule has 7 heteroatoms. The van der Waals surface area contributed by atoms with E-state index in [9.17, 15) is 9.59 Å². The van der Waals surface area contributed by atoms with E-state index in [2.05, 4.69) is 4.99 Å². The van der Waals surface area contributed by atoms with Crippen molar-refractivity contribution in [3.05, 3.63) is 20.1 Å². The van der Waals surface area contributed by atoms with Crippen molar-refractivity contribution in [3.8, 4) is 0 Å². The average Bonchev–Trinajstić information content (AvgIpc) is 2.18. The number of ketones is 1. The van der Waals surface area contributed by atoms with Gasteiger partial charge < -0.3 is 0 Å². The van der Waals surface area contributed by atoms with E-state index in [0.29, 0.717) is 0 Å². The molecule has 0 heterocycles. The van der Waals surface area contributed by atoms with Gasteiger partial charge in [0.2, 0.25) is 11.7 Å². The van der Waals surface area contributed by atoms with Gasteiger partial charge in [-0.2, -0.15) is 0 Å². The van der Waals surface area contributed by atoms with Gasteiger partial charge in [-0.25, -0.2) is 4.99 Å². The van der Waals surface area contributed by atoms with Crippen LogP contribution in [0, 0.1) is 0 Å². The van der Waals surface area contributed by atoms with Crippen LogP contribution in [0.3, 0.4) is 0 Å². The second kappa shape index (κ2) is 4.66. The molecule has 15 heavy (non-hydrogen) atoms. The van der Waals surface area contributed by atoms with Gasteiger partial charge in [-0.05, 0) is 0 Å². The summed E-state index contributed by atoms with van der Waals surface area (Å²) in [7, 11) is 0. The smallest absolute Gasteiger partial charge is 0.243 e. The molecule has 1 rings (SSSR count). The standard InChI is InChI=1S/C8H3Cl4NO2/c1-2(14)13-7-3(9)5(11)8(15)6(12)4(7)10/h1H3. The average molecular weight is 287 g/mol. The van der Waals surface area contributed by atoms with Crippen LogP contribution >= 0.6 is 46.4 Å². The number of aliphatic imine (C=N–C) groups is 1. The van der Waals surface area contributed by atoms with Gasteiger partial charge in [-0.3, -0.25) is 9.59 Å². The normalized spacial score (nSPS) is 17.4. The quantitative estimate of drug-likeness (QED) is 0.643. The van der Waals surface area contributed by atoms with E-state index in [1.165, 1.54) is 6.92 Å². The Balaban J connectivity index is 3.41. The molecule has 0 aliphatic heterocycles. The summed E-state index contributed by atoms with van der Waals surface area (Å²) in [5.41, 5.74) is -0.0829. The Hall–Kier alpha value is -0.350. The van der Waals surface area contributed by atoms with Crippen molar-refractivity contribution < 1.29 is 9.59 Å². The zero-order valence-corrected chi connectivity index (χ0v) is 10.3. The minimum Gasteiger partial charge on any atom is -0.286 e. The van der Waals surface area contributed by atoms with Crippen LogP contribution < -0.4 is 0 Å². The van der Waals surface area contributed by atoms with Crippen molar-refractivity contribution in [3.63, 3.8) is 0 Å². The lowest BCUT2D eigenvalue weighted by Gasteiger charge is -2.12. The van der Waals surface area contributed by atoms with Crippen LogP contribution in [0.4, 0.5) is 0 Å². The first-order chi connectivity index (χ1) is 6.86. The number of hydrogen-bond acceptors (Lipinski definition) is 2. The third-order valence-corrected chi connectivity index (χ3v) is 3.12. The van der Waals surface area contributed by atoms with Crippen LogP contribution in [0.1, 0.15) is 6.92 Å². The monoisotopic (exact) mass is 285 g/mol. The topological polar surface area (TPSA) is 46.5 Å². The fraction of sp³-hybridized carbons (Fsp3) is 0.125. The predicted octanol–water partition coefficient (Wildman–Crippen LogP) is 2.94. The van der Waals surface area contributed by atoms with E-state index in [-0.39, 0.29) is 25.8 Å². The molecular formula is C8H3Cl4NO2. The largest absolute Gasteiger partial charge is 0.286 e. The van der Waals surface area contributed by atoms with Gasteiger partial charge in [0.05, 0.1) is 10.1 Å². The lowest BCUT2D eigenvalue weighted by atomic mass is 10.1. The summed E-state index contributed by atoms with van der Waals surface area (Å²) in [5.74, 6) is -1.21. The number of amides is 1. The SMILES string of the molecule is CC(=O)N=C1C(Cl)=C(Cl)C(=O)C(Cl)=C1Cl. The van der Waals surface area contributed by atoms with Crippen molar-refractivity contribution in [2.24, 2.45) is 4.99 Å². The lowest BCUT2D eigenvalue weighted by Crippen LogP contribution is -2.16. The van der Waals surface area contributed by atoms with Crippen LogP contribution in [-0.4, -0.2) is 17.4 Å². The maximum Gasteiger partial charge on any atom is 0.243 e. The Bertz CT molecular complexity index is 418. The maximum atomic E-state index is 11.3. The van der Waals surface area contributed by atoms with E-state index in [4.69, 9.17) is 46.4 Å². The zero-order chi connectivity index (χ0) is 11.7. The number of nitrogens with zero attached hydrogens (tertiary/aromatic N) is 1. The summed E-state index contributed by atoms with van der Waals surface area (Å²) in [4.78, 5) is 25.6. The van der Waals surface area contributed by atoms with Crippen molar-refractivity contribution in [1.82, 2.24) is 0 Å². The second-order valence-corrected chi connectivity index (χ2v) is 4.08. The highest BCUT2D eigenvalue weighted by Gasteiger charge is 2.30. The zero-order valence-electron chi connectivity index (χ0n) is 7.28. The number of allylic oxidation sites excluding steroid dienone is 4. The highest BCUT2D eigenvalue weighted by molar-refractivity contribution is 6.70. The molecule has 0 spiro atoms. The van der Waals surface area contributed by atoms with Crippen molar-refractivity contribution in [2.75, 3.05) is 0 Å². The highest BCUT2D eigenvalue weighted by atomic mass is 35.5. The minimum atomic E-state index is -0.684. The van der Waals surface area contributed by atoms with Gasteiger partial charge in [-0.1, -0.05) is 46.4 Å². The Kier molecular flexibility index (Phi) is 3.95. The molecule has 0 N–H and O–H groups in total. The molecule has 0 aromatic rings. The molecule has 3 nitrogen and oxygen atoms in total. The number of carbonyl (C=O) groups excluding carboxylic acids is 2. The van der Waals surface area contributed by atoms with Crippen LogP contribution in [-0.2, 0) is 9.59 Å². The van der Waals surface area contributed by atoms with Crippen LogP contribution in [0.15, 0.2) is 25.1 Å². The minimum absolute atomic E-state index is 0.0829. The fourth-order valence-corrected chi connectivity index (χ4v) is 1.77. The molecule has 0 saturated heterocycles. The summed E-state index contributed by atoms with van der Waals surface area (Å²) in [6.07, 6.45) is 0. The first-order valence-electron chi connectivity index (χ1n) is 3.61. The molecule has 0 unspecified atom stereocenters. The van der Waals surface area contributed by atoms with Crippen LogP contribution in [0.5, 0.6) is 0 Å². The molecule has 0 radical (unpaired) electrons. The molecule has 0 atom stereocenters. The van der Waals surface area contributed by atoms with Crippen molar-refractivity contribution in [2.45, 2.75) is 6.92 Å². The van der Waals surface area contributed by atoms with E-state index >= 15 is 0 Å². The van der Waals surface area contributed by atoms with E-state index in [1.807, 2.05) is 0 Å². The van der Waals surface area contributed by atoms with Gasteiger partial charge in [0.15, 0.2) is 0 Å². The Labute approximate surface area is 105 Å². The molecule has 0 aromatic carbocycles.